The van der Waals surface area contributed by atoms with Gasteiger partial charge in [-0.15, -0.1) is 0 Å². The maximum atomic E-state index is 6.87. The Hall–Kier alpha value is -1.38. The zero-order chi connectivity index (χ0) is 6.69. The van der Waals surface area contributed by atoms with Crippen LogP contribution >= 0.6 is 0 Å². The van der Waals surface area contributed by atoms with Crippen LogP contribution in [0.1, 0.15) is 5.56 Å². The highest BCUT2D eigenvalue weighted by Crippen LogP contribution is 2.11. The van der Waals surface area contributed by atoms with Gasteiger partial charge < -0.3 is 10.4 Å². The number of hydrogen-bond donors (Lipinski definition) is 2. The molecule has 1 aromatic rings. The van der Waals surface area contributed by atoms with E-state index in [9.17, 15) is 0 Å². The summed E-state index contributed by atoms with van der Waals surface area (Å²) in [5, 5.41) is 6.87. The third kappa shape index (κ3) is 0.887. The average Bonchev–Trinajstić information content (AvgIpc) is 2.33. The van der Waals surface area contributed by atoms with Crippen LogP contribution in [-0.4, -0.2) is 17.9 Å². The van der Waals surface area contributed by atoms with Crippen LogP contribution in [0.15, 0.2) is 17.3 Å². The first-order chi connectivity index (χ1) is 4.38. The first kappa shape index (κ1) is 5.75. The lowest BCUT2D eigenvalue weighted by atomic mass is 10.3. The zero-order valence-corrected chi connectivity index (χ0v) is 4.89. The molecule has 1 rings (SSSR count). The average molecular weight is 121 g/mol. The van der Waals surface area contributed by atoms with Crippen molar-refractivity contribution in [3.8, 4) is 0 Å². The summed E-state index contributed by atoms with van der Waals surface area (Å²) in [5.41, 5.74) is 0.769. The highest BCUT2D eigenvalue weighted by atomic mass is 14.9. The van der Waals surface area contributed by atoms with E-state index < -0.39 is 0 Å². The summed E-state index contributed by atoms with van der Waals surface area (Å²) in [6.07, 6.45) is 2.96. The van der Waals surface area contributed by atoms with Gasteiger partial charge in [-0.2, -0.15) is 0 Å². The molecule has 9 heavy (non-hydrogen) atoms. The van der Waals surface area contributed by atoms with Crippen molar-refractivity contribution in [2.24, 2.45) is 4.99 Å². The monoisotopic (exact) mass is 121 g/mol. The van der Waals surface area contributed by atoms with E-state index >= 15 is 0 Å². The number of H-pyrrole nitrogens is 1. The summed E-state index contributed by atoms with van der Waals surface area (Å²) in [6.45, 7) is 3.33. The van der Waals surface area contributed by atoms with Crippen LogP contribution in [0.25, 0.3) is 0 Å². The smallest absolute Gasteiger partial charge is 0.138 e. The predicted octanol–water partition coefficient (Wildman–Crippen LogP) is 1.34. The lowest BCUT2D eigenvalue weighted by Crippen LogP contribution is -1.71. The summed E-state index contributed by atoms with van der Waals surface area (Å²) >= 11 is 0. The van der Waals surface area contributed by atoms with Crippen LogP contribution < -0.4 is 0 Å². The molecule has 1 aromatic heterocycles. The Morgan fingerprint density at radius 2 is 2.56 bits per heavy atom. The molecular weight excluding hydrogens is 114 g/mol. The van der Waals surface area contributed by atoms with Gasteiger partial charge in [0.25, 0.3) is 0 Å². The van der Waals surface area contributed by atoms with E-state index in [0.29, 0.717) is 5.82 Å². The molecule has 0 unspecified atom stereocenters. The van der Waals surface area contributed by atoms with E-state index in [4.69, 9.17) is 5.41 Å². The highest BCUT2D eigenvalue weighted by Gasteiger charge is 1.94. The molecule has 0 aromatic carbocycles. The molecule has 0 radical (unpaired) electrons. The fourth-order valence-corrected chi connectivity index (χ4v) is 0.626. The number of hydrogen-bond acceptors (Lipinski definition) is 2. The third-order valence-electron chi connectivity index (χ3n) is 1.07. The first-order valence-electron chi connectivity index (χ1n) is 2.53. The second kappa shape index (κ2) is 2.26. The lowest BCUT2D eigenvalue weighted by Gasteiger charge is -1.84. The summed E-state index contributed by atoms with van der Waals surface area (Å²) in [4.78, 5) is 6.47. The quantitative estimate of drug-likeness (QED) is 0.555. The van der Waals surface area contributed by atoms with Crippen molar-refractivity contribution in [2.75, 3.05) is 0 Å². The number of aromatic amines is 1. The van der Waals surface area contributed by atoms with Gasteiger partial charge in [0.15, 0.2) is 0 Å². The van der Waals surface area contributed by atoms with Gasteiger partial charge in [-0.3, -0.25) is 0 Å². The van der Waals surface area contributed by atoms with Gasteiger partial charge in [0.2, 0.25) is 0 Å². The van der Waals surface area contributed by atoms with Gasteiger partial charge in [0.05, 0.1) is 0 Å². The Morgan fingerprint density at radius 1 is 1.78 bits per heavy atom. The summed E-state index contributed by atoms with van der Waals surface area (Å²) in [7, 11) is 0. The molecule has 0 fully saturated rings. The minimum atomic E-state index is 0.657. The second-order valence-electron chi connectivity index (χ2n) is 1.58. The van der Waals surface area contributed by atoms with Gasteiger partial charge in [-0.25, -0.2) is 4.99 Å². The van der Waals surface area contributed by atoms with Crippen molar-refractivity contribution in [2.45, 2.75) is 0 Å². The number of nitrogens with one attached hydrogen (secondary N) is 2. The number of aliphatic imine (C=N–C) groups is 1. The minimum absolute atomic E-state index is 0.657. The minimum Gasteiger partial charge on any atom is -0.346 e. The van der Waals surface area contributed by atoms with Gasteiger partial charge in [-0.05, 0) is 12.8 Å². The molecule has 0 aliphatic heterocycles. The molecule has 46 valence electrons. The van der Waals surface area contributed by atoms with Crippen LogP contribution in [0.2, 0.25) is 0 Å². The molecule has 3 nitrogen and oxygen atoms in total. The van der Waals surface area contributed by atoms with E-state index in [1.807, 2.05) is 0 Å². The van der Waals surface area contributed by atoms with E-state index in [-0.39, 0.29) is 0 Å². The van der Waals surface area contributed by atoms with Crippen molar-refractivity contribution in [3.63, 3.8) is 0 Å². The Kier molecular flexibility index (Phi) is 1.44. The molecule has 0 saturated carbocycles. The van der Waals surface area contributed by atoms with Crippen LogP contribution in [0.4, 0.5) is 5.82 Å². The first-order valence-corrected chi connectivity index (χ1v) is 2.53. The van der Waals surface area contributed by atoms with E-state index in [0.717, 1.165) is 5.56 Å². The standard InChI is InChI=1S/C6H7N3/c1-8-6-5(4-7)2-3-9-6/h2-4,7,9H,1H2. The van der Waals surface area contributed by atoms with Crippen molar-refractivity contribution in [1.82, 2.24) is 4.98 Å². The van der Waals surface area contributed by atoms with E-state index in [1.165, 1.54) is 6.21 Å². The van der Waals surface area contributed by atoms with E-state index in [2.05, 4.69) is 16.7 Å². The molecule has 0 bridgehead atoms. The molecule has 0 aliphatic carbocycles. The molecular formula is C6H7N3. The van der Waals surface area contributed by atoms with Gasteiger partial charge in [-0.1, -0.05) is 0 Å². The summed E-state index contributed by atoms with van der Waals surface area (Å²) in [5.74, 6) is 0.657. The molecule has 3 heteroatoms. The SMILES string of the molecule is C=Nc1[nH]ccc1C=N. The third-order valence-corrected chi connectivity index (χ3v) is 1.07. The Balaban J connectivity index is 3.12. The zero-order valence-electron chi connectivity index (χ0n) is 4.89. The molecule has 0 spiro atoms. The fourth-order valence-electron chi connectivity index (χ4n) is 0.626. The molecule has 0 atom stereocenters. The molecule has 0 amide bonds. The van der Waals surface area contributed by atoms with Crippen molar-refractivity contribution in [3.05, 3.63) is 17.8 Å². The van der Waals surface area contributed by atoms with Crippen LogP contribution in [0.5, 0.6) is 0 Å². The topological polar surface area (TPSA) is 52.0 Å². The Morgan fingerprint density at radius 3 is 3.00 bits per heavy atom. The maximum Gasteiger partial charge on any atom is 0.138 e. The van der Waals surface area contributed by atoms with Gasteiger partial charge >= 0.3 is 0 Å². The lowest BCUT2D eigenvalue weighted by molar-refractivity contribution is 1.35. The second-order valence-corrected chi connectivity index (χ2v) is 1.58. The fraction of sp³-hybridized carbons (Fsp3) is 0. The van der Waals surface area contributed by atoms with Crippen molar-refractivity contribution >= 4 is 18.7 Å². The van der Waals surface area contributed by atoms with Gasteiger partial charge in [0.1, 0.15) is 5.82 Å². The Labute approximate surface area is 53.0 Å². The number of aromatic nitrogens is 1. The predicted molar refractivity (Wildman–Crippen MR) is 37.9 cm³/mol. The Bertz CT molecular complexity index is 201. The van der Waals surface area contributed by atoms with Crippen molar-refractivity contribution < 1.29 is 0 Å². The van der Waals surface area contributed by atoms with Crippen LogP contribution in [0, 0.1) is 5.41 Å². The molecule has 2 N–H and O–H groups in total. The largest absolute Gasteiger partial charge is 0.346 e. The maximum absolute atomic E-state index is 6.87. The normalized spacial score (nSPS) is 8.89. The van der Waals surface area contributed by atoms with Crippen molar-refractivity contribution in [1.29, 1.82) is 5.41 Å². The molecule has 1 heterocycles. The number of nitrogens with zero attached hydrogens (tertiary/aromatic N) is 1. The number of rotatable bonds is 2. The molecule has 0 aliphatic rings. The van der Waals surface area contributed by atoms with Gasteiger partial charge in [0, 0.05) is 18.0 Å². The highest BCUT2D eigenvalue weighted by molar-refractivity contribution is 5.83. The summed E-state index contributed by atoms with van der Waals surface area (Å²) in [6, 6.07) is 1.77. The van der Waals surface area contributed by atoms with Crippen LogP contribution in [0.3, 0.4) is 0 Å². The molecule has 0 saturated heterocycles. The van der Waals surface area contributed by atoms with Crippen LogP contribution in [-0.2, 0) is 0 Å². The van der Waals surface area contributed by atoms with E-state index in [1.54, 1.807) is 12.3 Å². The summed E-state index contributed by atoms with van der Waals surface area (Å²) < 4.78 is 0.